The van der Waals surface area contributed by atoms with Crippen molar-refractivity contribution in [3.05, 3.63) is 113 Å². The van der Waals surface area contributed by atoms with E-state index in [9.17, 15) is 0 Å². The van der Waals surface area contributed by atoms with Crippen LogP contribution in [0.4, 0.5) is 0 Å². The van der Waals surface area contributed by atoms with Gasteiger partial charge in [-0.2, -0.15) is 0 Å². The van der Waals surface area contributed by atoms with Crippen LogP contribution in [0.25, 0.3) is 39.4 Å². The number of fused-ring (bicyclic) bond motifs is 1. The van der Waals surface area contributed by atoms with Crippen molar-refractivity contribution in [1.82, 2.24) is 4.57 Å². The second kappa shape index (κ2) is 10.2. The Labute approximate surface area is 214 Å². The lowest BCUT2D eigenvalue weighted by Gasteiger charge is -2.13. The minimum Gasteiger partial charge on any atom is -0.496 e. The average Bonchev–Trinajstić information content (AvgIpc) is 3.26. The number of hydrogen-bond donors (Lipinski definition) is 0. The zero-order valence-electron chi connectivity index (χ0n) is 19.7. The number of benzene rings is 4. The number of allylic oxidation sites excluding steroid dienone is 1. The maximum Gasteiger partial charge on any atom is 0.138 e. The number of methoxy groups -OCH3 is 2. The van der Waals surface area contributed by atoms with Gasteiger partial charge in [0, 0.05) is 18.2 Å². The molecule has 174 valence electrons. The van der Waals surface area contributed by atoms with Gasteiger partial charge in [0.05, 0.1) is 35.3 Å². The first-order chi connectivity index (χ1) is 17.2. The molecule has 0 bridgehead atoms. The third kappa shape index (κ3) is 4.38. The van der Waals surface area contributed by atoms with Crippen LogP contribution in [0.3, 0.4) is 0 Å². The lowest BCUT2D eigenvalue weighted by atomic mass is 9.98. The third-order valence-electron chi connectivity index (χ3n) is 6.14. The zero-order valence-corrected chi connectivity index (χ0v) is 21.3. The molecule has 35 heavy (non-hydrogen) atoms. The minimum atomic E-state index is 0.678. The Bertz CT molecular complexity index is 1470. The minimum absolute atomic E-state index is 0.678. The van der Waals surface area contributed by atoms with Gasteiger partial charge in [-0.25, -0.2) is 0 Å². The molecule has 0 aliphatic heterocycles. The molecule has 0 radical (unpaired) electrons. The van der Waals surface area contributed by atoms with Crippen LogP contribution in [0, 0.1) is 0 Å². The fourth-order valence-electron chi connectivity index (χ4n) is 4.59. The van der Waals surface area contributed by atoms with Crippen LogP contribution in [-0.4, -0.2) is 18.8 Å². The maximum absolute atomic E-state index is 5.93. The number of ether oxygens (including phenoxy) is 2. The highest BCUT2D eigenvalue weighted by Crippen LogP contribution is 2.49. The van der Waals surface area contributed by atoms with Gasteiger partial charge >= 0.3 is 0 Å². The second-order valence-electron chi connectivity index (χ2n) is 8.20. The Balaban J connectivity index is 1.86. The molecule has 0 aliphatic carbocycles. The molecule has 0 spiro atoms. The molecular formula is C31H26BrNO2. The van der Waals surface area contributed by atoms with Crippen molar-refractivity contribution in [2.75, 3.05) is 14.2 Å². The molecule has 1 heterocycles. The van der Waals surface area contributed by atoms with Gasteiger partial charge in [0.25, 0.3) is 0 Å². The molecule has 0 fully saturated rings. The average molecular weight is 524 g/mol. The maximum atomic E-state index is 5.93. The van der Waals surface area contributed by atoms with Crippen LogP contribution in [0.2, 0.25) is 0 Å². The summed E-state index contributed by atoms with van der Waals surface area (Å²) in [6, 6.07) is 33.4. The van der Waals surface area contributed by atoms with E-state index in [4.69, 9.17) is 9.47 Å². The number of aromatic nitrogens is 1. The third-order valence-corrected chi connectivity index (χ3v) is 6.91. The molecule has 0 saturated heterocycles. The molecule has 0 saturated carbocycles. The molecule has 0 aliphatic rings. The van der Waals surface area contributed by atoms with E-state index in [-0.39, 0.29) is 0 Å². The molecule has 5 rings (SSSR count). The first kappa shape index (κ1) is 23.0. The second-order valence-corrected chi connectivity index (χ2v) is 8.99. The molecule has 0 amide bonds. The molecule has 5 aromatic rings. The Morgan fingerprint density at radius 1 is 0.743 bits per heavy atom. The predicted molar refractivity (Wildman–Crippen MR) is 149 cm³/mol. The summed E-state index contributed by atoms with van der Waals surface area (Å²) in [6.45, 7) is 0.678. The number of halogens is 1. The van der Waals surface area contributed by atoms with Crippen LogP contribution in [0.5, 0.6) is 11.5 Å². The van der Waals surface area contributed by atoms with E-state index < -0.39 is 0 Å². The van der Waals surface area contributed by atoms with E-state index in [1.54, 1.807) is 14.2 Å². The fourth-order valence-corrected chi connectivity index (χ4v) is 5.28. The highest BCUT2D eigenvalue weighted by atomic mass is 79.9. The normalized spacial score (nSPS) is 11.3. The summed E-state index contributed by atoms with van der Waals surface area (Å²) < 4.78 is 14.9. The van der Waals surface area contributed by atoms with Crippen LogP contribution in [0.1, 0.15) is 5.56 Å². The van der Waals surface area contributed by atoms with Crippen molar-refractivity contribution >= 4 is 32.9 Å². The Hall–Kier alpha value is -3.76. The highest BCUT2D eigenvalue weighted by Gasteiger charge is 2.26. The lowest BCUT2D eigenvalue weighted by molar-refractivity contribution is 0.396. The van der Waals surface area contributed by atoms with Gasteiger partial charge in [-0.05, 0) is 32.6 Å². The topological polar surface area (TPSA) is 23.4 Å². The number of rotatable bonds is 7. The molecular weight excluding hydrogens is 498 g/mol. The van der Waals surface area contributed by atoms with Gasteiger partial charge < -0.3 is 14.0 Å². The van der Waals surface area contributed by atoms with Crippen molar-refractivity contribution in [2.24, 2.45) is 0 Å². The fraction of sp³-hybridized carbons (Fsp3) is 0.0968. The summed E-state index contributed by atoms with van der Waals surface area (Å²) in [4.78, 5) is 0. The summed E-state index contributed by atoms with van der Waals surface area (Å²) in [5, 5.41) is 1.05. The van der Waals surface area contributed by atoms with Crippen LogP contribution in [0.15, 0.2) is 108 Å². The van der Waals surface area contributed by atoms with Crippen molar-refractivity contribution < 1.29 is 9.47 Å². The van der Waals surface area contributed by atoms with Gasteiger partial charge in [-0.3, -0.25) is 0 Å². The summed E-state index contributed by atoms with van der Waals surface area (Å²) in [5.41, 5.74) is 6.76. The Morgan fingerprint density at radius 2 is 1.31 bits per heavy atom. The SMILES string of the molecule is COc1cc(OC)c2c(-c3ccccc3)c(-c3ccccc3)n(C/C=C/c3ccccc3)c2c1Br. The van der Waals surface area contributed by atoms with Gasteiger partial charge in [0.15, 0.2) is 0 Å². The van der Waals surface area contributed by atoms with Gasteiger partial charge in [0.2, 0.25) is 0 Å². The molecule has 0 N–H and O–H groups in total. The number of hydrogen-bond acceptors (Lipinski definition) is 2. The van der Waals surface area contributed by atoms with E-state index in [2.05, 4.69) is 105 Å². The van der Waals surface area contributed by atoms with E-state index in [1.807, 2.05) is 24.3 Å². The van der Waals surface area contributed by atoms with Crippen molar-refractivity contribution in [3.8, 4) is 33.9 Å². The monoisotopic (exact) mass is 523 g/mol. The van der Waals surface area contributed by atoms with Crippen molar-refractivity contribution in [2.45, 2.75) is 6.54 Å². The molecule has 0 unspecified atom stereocenters. The quantitative estimate of drug-likeness (QED) is 0.213. The Morgan fingerprint density at radius 3 is 1.91 bits per heavy atom. The standard InChI is InChI=1S/C31H26BrNO2/c1-34-25-21-26(35-2)29(32)31-28(25)27(23-16-8-4-9-17-23)30(24-18-10-5-11-19-24)33(31)20-12-15-22-13-6-3-7-14-22/h3-19,21H,20H2,1-2H3/b15-12+. The van der Waals surface area contributed by atoms with E-state index in [1.165, 1.54) is 5.56 Å². The lowest BCUT2D eigenvalue weighted by Crippen LogP contribution is -2.00. The van der Waals surface area contributed by atoms with Crippen LogP contribution in [-0.2, 0) is 6.54 Å². The number of nitrogens with zero attached hydrogens (tertiary/aromatic N) is 1. The highest BCUT2D eigenvalue weighted by molar-refractivity contribution is 9.10. The largest absolute Gasteiger partial charge is 0.496 e. The first-order valence-corrected chi connectivity index (χ1v) is 12.3. The molecule has 4 aromatic carbocycles. The summed E-state index contributed by atoms with van der Waals surface area (Å²) >= 11 is 3.86. The van der Waals surface area contributed by atoms with E-state index in [0.717, 1.165) is 49.3 Å². The smallest absolute Gasteiger partial charge is 0.138 e. The van der Waals surface area contributed by atoms with Gasteiger partial charge in [-0.1, -0.05) is 103 Å². The summed E-state index contributed by atoms with van der Waals surface area (Å²) in [6.07, 6.45) is 4.36. The molecule has 4 heteroatoms. The molecule has 0 atom stereocenters. The molecule has 1 aromatic heterocycles. The van der Waals surface area contributed by atoms with Crippen molar-refractivity contribution in [3.63, 3.8) is 0 Å². The van der Waals surface area contributed by atoms with E-state index in [0.29, 0.717) is 6.54 Å². The summed E-state index contributed by atoms with van der Waals surface area (Å²) in [7, 11) is 3.40. The van der Waals surface area contributed by atoms with Crippen molar-refractivity contribution in [1.29, 1.82) is 0 Å². The van der Waals surface area contributed by atoms with Crippen LogP contribution >= 0.6 is 15.9 Å². The molecule has 3 nitrogen and oxygen atoms in total. The first-order valence-electron chi connectivity index (χ1n) is 11.5. The predicted octanol–water partition coefficient (Wildman–Crippen LogP) is 8.47. The van der Waals surface area contributed by atoms with Crippen LogP contribution < -0.4 is 9.47 Å². The Kier molecular flexibility index (Phi) is 6.73. The van der Waals surface area contributed by atoms with Gasteiger partial charge in [0.1, 0.15) is 11.5 Å². The summed E-state index contributed by atoms with van der Waals surface area (Å²) in [5.74, 6) is 1.52. The van der Waals surface area contributed by atoms with Gasteiger partial charge in [-0.15, -0.1) is 0 Å². The van der Waals surface area contributed by atoms with E-state index >= 15 is 0 Å². The zero-order chi connectivity index (χ0) is 24.2.